The second kappa shape index (κ2) is 7.21. The minimum absolute atomic E-state index is 0.00247. The lowest BCUT2D eigenvalue weighted by molar-refractivity contribution is 0.242. The molecule has 0 atom stereocenters. The van der Waals surface area contributed by atoms with Crippen LogP contribution in [0.4, 0.5) is 0 Å². The molecule has 0 aliphatic rings. The molecule has 21 heavy (non-hydrogen) atoms. The molecular formula is C12H20N2O5S2. The minimum Gasteiger partial charge on any atom is -0.491 e. The topological polar surface area (TPSA) is 102 Å². The standard InChI is InChI=1S/C12H20N2O5S2/c1-10(2)19-11-4-6-12(7-5-11)21(17,18)14-8-9-20(15,16)13-3/h4-7,10,13-14H,8-9H2,1-3H3. The number of rotatable bonds is 8. The van der Waals surface area contributed by atoms with Crippen LogP contribution in [0.25, 0.3) is 0 Å². The molecule has 0 amide bonds. The Bertz CT molecular complexity index is 651. The highest BCUT2D eigenvalue weighted by Gasteiger charge is 2.15. The summed E-state index contributed by atoms with van der Waals surface area (Å²) >= 11 is 0. The Labute approximate surface area is 125 Å². The first-order valence-electron chi connectivity index (χ1n) is 6.34. The van der Waals surface area contributed by atoms with E-state index in [9.17, 15) is 16.8 Å². The first-order chi connectivity index (χ1) is 9.66. The van der Waals surface area contributed by atoms with Gasteiger partial charge >= 0.3 is 0 Å². The van der Waals surface area contributed by atoms with E-state index < -0.39 is 20.0 Å². The van der Waals surface area contributed by atoms with E-state index in [0.717, 1.165) is 0 Å². The summed E-state index contributed by atoms with van der Waals surface area (Å²) in [5.74, 6) is 0.249. The molecule has 0 bridgehead atoms. The van der Waals surface area contributed by atoms with Crippen LogP contribution in [0.5, 0.6) is 5.75 Å². The van der Waals surface area contributed by atoms with E-state index in [1.54, 1.807) is 12.1 Å². The van der Waals surface area contributed by atoms with Crippen molar-refractivity contribution in [3.05, 3.63) is 24.3 Å². The molecule has 0 radical (unpaired) electrons. The summed E-state index contributed by atoms with van der Waals surface area (Å²) in [4.78, 5) is 0.0560. The van der Waals surface area contributed by atoms with E-state index in [2.05, 4.69) is 9.44 Å². The van der Waals surface area contributed by atoms with Gasteiger partial charge in [-0.25, -0.2) is 26.3 Å². The van der Waals surface area contributed by atoms with Crippen LogP contribution >= 0.6 is 0 Å². The van der Waals surface area contributed by atoms with E-state index in [1.165, 1.54) is 19.2 Å². The lowest BCUT2D eigenvalue weighted by atomic mass is 10.3. The highest BCUT2D eigenvalue weighted by atomic mass is 32.2. The molecule has 7 nitrogen and oxygen atoms in total. The molecule has 0 heterocycles. The Morgan fingerprint density at radius 3 is 2.14 bits per heavy atom. The van der Waals surface area contributed by atoms with Crippen molar-refractivity contribution in [1.29, 1.82) is 0 Å². The van der Waals surface area contributed by atoms with Crippen LogP contribution in [0.15, 0.2) is 29.2 Å². The zero-order valence-corrected chi connectivity index (χ0v) is 13.8. The van der Waals surface area contributed by atoms with Gasteiger partial charge in [-0.05, 0) is 45.2 Å². The molecule has 0 aliphatic carbocycles. The predicted octanol–water partition coefficient (Wildman–Crippen LogP) is 0.301. The number of sulfonamides is 2. The molecule has 0 fully saturated rings. The fourth-order valence-corrected chi connectivity index (χ4v) is 3.20. The molecule has 0 saturated heterocycles. The van der Waals surface area contributed by atoms with Crippen LogP contribution in [0.2, 0.25) is 0 Å². The third-order valence-electron chi connectivity index (χ3n) is 2.48. The van der Waals surface area contributed by atoms with E-state index in [0.29, 0.717) is 5.75 Å². The molecule has 0 aliphatic heterocycles. The average molecular weight is 336 g/mol. The monoisotopic (exact) mass is 336 g/mol. The molecule has 120 valence electrons. The summed E-state index contributed by atoms with van der Waals surface area (Å²) in [6.07, 6.45) is -0.00247. The molecule has 1 rings (SSSR count). The molecular weight excluding hydrogens is 316 g/mol. The van der Waals surface area contributed by atoms with Gasteiger partial charge in [-0.2, -0.15) is 0 Å². The van der Waals surface area contributed by atoms with E-state index in [4.69, 9.17) is 4.74 Å². The van der Waals surface area contributed by atoms with Crippen LogP contribution in [-0.4, -0.2) is 42.3 Å². The largest absolute Gasteiger partial charge is 0.491 e. The third kappa shape index (κ3) is 6.00. The SMILES string of the molecule is CNS(=O)(=O)CCNS(=O)(=O)c1ccc(OC(C)C)cc1. The second-order valence-corrected chi connectivity index (χ2v) is 8.37. The Kier molecular flexibility index (Phi) is 6.14. The van der Waals surface area contributed by atoms with Crippen molar-refractivity contribution in [1.82, 2.24) is 9.44 Å². The summed E-state index contributed by atoms with van der Waals surface area (Å²) in [6.45, 7) is 3.54. The second-order valence-electron chi connectivity index (χ2n) is 4.56. The maximum Gasteiger partial charge on any atom is 0.240 e. The van der Waals surface area contributed by atoms with Crippen LogP contribution in [0.1, 0.15) is 13.8 Å². The van der Waals surface area contributed by atoms with Crippen LogP contribution in [0, 0.1) is 0 Å². The number of nitrogens with one attached hydrogen (secondary N) is 2. The summed E-state index contributed by atoms with van der Waals surface area (Å²) in [5.41, 5.74) is 0. The first-order valence-corrected chi connectivity index (χ1v) is 9.47. The van der Waals surface area contributed by atoms with Crippen molar-refractivity contribution in [2.45, 2.75) is 24.8 Å². The molecule has 0 aromatic heterocycles. The number of benzene rings is 1. The van der Waals surface area contributed by atoms with Crippen molar-refractivity contribution in [3.8, 4) is 5.75 Å². The molecule has 9 heteroatoms. The van der Waals surface area contributed by atoms with E-state index in [-0.39, 0.29) is 23.3 Å². The summed E-state index contributed by atoms with van der Waals surface area (Å²) < 4.78 is 56.1. The van der Waals surface area contributed by atoms with Crippen molar-refractivity contribution in [2.24, 2.45) is 0 Å². The van der Waals surface area contributed by atoms with Crippen molar-refractivity contribution >= 4 is 20.0 Å². The van der Waals surface area contributed by atoms with Gasteiger partial charge in [0.25, 0.3) is 0 Å². The summed E-state index contributed by atoms with van der Waals surface area (Å²) in [5, 5.41) is 0. The summed E-state index contributed by atoms with van der Waals surface area (Å²) in [7, 11) is -5.90. The molecule has 1 aromatic carbocycles. The molecule has 1 aromatic rings. The fraction of sp³-hybridized carbons (Fsp3) is 0.500. The smallest absolute Gasteiger partial charge is 0.240 e. The van der Waals surface area contributed by atoms with Gasteiger partial charge in [-0.1, -0.05) is 0 Å². The van der Waals surface area contributed by atoms with Gasteiger partial charge in [-0.3, -0.25) is 0 Å². The van der Waals surface area contributed by atoms with Gasteiger partial charge in [0.15, 0.2) is 0 Å². The van der Waals surface area contributed by atoms with Crippen molar-refractivity contribution in [2.75, 3.05) is 19.3 Å². The number of hydrogen-bond donors (Lipinski definition) is 2. The number of hydrogen-bond acceptors (Lipinski definition) is 5. The molecule has 0 saturated carbocycles. The predicted molar refractivity (Wildman–Crippen MR) is 80.2 cm³/mol. The van der Waals surface area contributed by atoms with Crippen LogP contribution in [-0.2, 0) is 20.0 Å². The van der Waals surface area contributed by atoms with Gasteiger partial charge in [0.2, 0.25) is 20.0 Å². The lowest BCUT2D eigenvalue weighted by Crippen LogP contribution is -2.32. The van der Waals surface area contributed by atoms with Crippen LogP contribution < -0.4 is 14.2 Å². The Balaban J connectivity index is 2.70. The molecule has 2 N–H and O–H groups in total. The fourth-order valence-electron chi connectivity index (χ4n) is 1.47. The van der Waals surface area contributed by atoms with Crippen molar-refractivity contribution in [3.63, 3.8) is 0 Å². The van der Waals surface area contributed by atoms with Gasteiger partial charge in [0.1, 0.15) is 5.75 Å². The highest BCUT2D eigenvalue weighted by Crippen LogP contribution is 2.16. The zero-order chi connectivity index (χ0) is 16.1. The Morgan fingerprint density at radius 2 is 1.67 bits per heavy atom. The van der Waals surface area contributed by atoms with Gasteiger partial charge < -0.3 is 4.74 Å². The minimum atomic E-state index is -3.73. The average Bonchev–Trinajstić information content (AvgIpc) is 2.38. The quantitative estimate of drug-likeness (QED) is 0.711. The maximum atomic E-state index is 12.0. The van der Waals surface area contributed by atoms with E-state index in [1.807, 2.05) is 13.8 Å². The number of ether oxygens (including phenoxy) is 1. The Hall–Kier alpha value is -1.16. The lowest BCUT2D eigenvalue weighted by Gasteiger charge is -2.11. The first kappa shape index (κ1) is 17.9. The van der Waals surface area contributed by atoms with E-state index >= 15 is 0 Å². The zero-order valence-electron chi connectivity index (χ0n) is 12.2. The third-order valence-corrected chi connectivity index (χ3v) is 5.32. The van der Waals surface area contributed by atoms with Gasteiger partial charge in [0, 0.05) is 6.54 Å². The molecule has 0 unspecified atom stereocenters. The maximum absolute atomic E-state index is 12.0. The summed E-state index contributed by atoms with van der Waals surface area (Å²) in [6, 6.07) is 5.93. The normalized spacial score (nSPS) is 12.6. The van der Waals surface area contributed by atoms with Crippen LogP contribution in [0.3, 0.4) is 0 Å². The van der Waals surface area contributed by atoms with Gasteiger partial charge in [-0.15, -0.1) is 0 Å². The van der Waals surface area contributed by atoms with Crippen molar-refractivity contribution < 1.29 is 21.6 Å². The van der Waals surface area contributed by atoms with Gasteiger partial charge in [0.05, 0.1) is 16.8 Å². The highest BCUT2D eigenvalue weighted by molar-refractivity contribution is 7.90. The molecule has 0 spiro atoms. The Morgan fingerprint density at radius 1 is 1.10 bits per heavy atom.